The lowest BCUT2D eigenvalue weighted by Gasteiger charge is -2.40. The molecule has 0 spiro atoms. The lowest BCUT2D eigenvalue weighted by molar-refractivity contribution is 0.110. The first kappa shape index (κ1) is 17.3. The third-order valence-electron chi connectivity index (χ3n) is 3.89. The Morgan fingerprint density at radius 2 is 1.96 bits per heavy atom. The molecule has 3 rings (SSSR count). The second kappa shape index (κ2) is 5.80. The Morgan fingerprint density at radius 3 is 2.60 bits per heavy atom. The number of fused-ring (bicyclic) bond motifs is 1. The second-order valence-electron chi connectivity index (χ2n) is 6.39. The summed E-state index contributed by atoms with van der Waals surface area (Å²) in [6.07, 6.45) is 0. The molecule has 2 aromatic carbocycles. The summed E-state index contributed by atoms with van der Waals surface area (Å²) >= 11 is 0. The predicted molar refractivity (Wildman–Crippen MR) is 93.0 cm³/mol. The number of nitrogen functional groups attached to an aromatic ring is 1. The van der Waals surface area contributed by atoms with Crippen LogP contribution in [0.2, 0.25) is 0 Å². The van der Waals surface area contributed by atoms with E-state index in [9.17, 15) is 12.8 Å². The highest BCUT2D eigenvalue weighted by Gasteiger charge is 2.38. The van der Waals surface area contributed by atoms with Crippen LogP contribution in [-0.2, 0) is 10.0 Å². The summed E-state index contributed by atoms with van der Waals surface area (Å²) < 4.78 is 52.0. The van der Waals surface area contributed by atoms with E-state index in [1.807, 2.05) is 0 Å². The van der Waals surface area contributed by atoms with E-state index in [0.717, 1.165) is 10.4 Å². The Morgan fingerprint density at radius 1 is 1.24 bits per heavy atom. The molecule has 1 aliphatic heterocycles. The Bertz CT molecular complexity index is 928. The smallest absolute Gasteiger partial charge is 0.264 e. The fourth-order valence-electron chi connectivity index (χ4n) is 2.75. The molecule has 2 aromatic rings. The zero-order valence-electron chi connectivity index (χ0n) is 14.1. The summed E-state index contributed by atoms with van der Waals surface area (Å²) in [6.45, 7) is 3.58. The van der Waals surface area contributed by atoms with Crippen LogP contribution in [0, 0.1) is 5.82 Å². The lowest BCUT2D eigenvalue weighted by Crippen LogP contribution is -2.49. The molecule has 134 valence electrons. The molecule has 1 aliphatic rings. The van der Waals surface area contributed by atoms with Gasteiger partial charge < -0.3 is 15.2 Å². The fourth-order valence-corrected chi connectivity index (χ4v) is 4.40. The molecular formula is C17H19FN2O4S. The third-order valence-corrected chi connectivity index (χ3v) is 5.65. The molecule has 1 heterocycles. The van der Waals surface area contributed by atoms with E-state index in [1.165, 1.54) is 37.4 Å². The monoisotopic (exact) mass is 366 g/mol. The van der Waals surface area contributed by atoms with E-state index in [2.05, 4.69) is 0 Å². The molecule has 0 radical (unpaired) electrons. The van der Waals surface area contributed by atoms with Crippen molar-refractivity contribution in [3.8, 4) is 11.5 Å². The topological polar surface area (TPSA) is 81.9 Å². The van der Waals surface area contributed by atoms with Crippen molar-refractivity contribution in [1.82, 2.24) is 0 Å². The van der Waals surface area contributed by atoms with Gasteiger partial charge in [0, 0.05) is 6.07 Å². The van der Waals surface area contributed by atoms with Crippen LogP contribution in [0.25, 0.3) is 0 Å². The highest BCUT2D eigenvalue weighted by atomic mass is 32.2. The van der Waals surface area contributed by atoms with Gasteiger partial charge in [-0.3, -0.25) is 4.31 Å². The Balaban J connectivity index is 2.14. The van der Waals surface area contributed by atoms with Crippen LogP contribution in [0.15, 0.2) is 41.3 Å². The molecule has 0 atom stereocenters. The van der Waals surface area contributed by atoms with Crippen LogP contribution in [-0.4, -0.2) is 27.7 Å². The summed E-state index contributed by atoms with van der Waals surface area (Å²) in [5.74, 6) is 0.145. The van der Waals surface area contributed by atoms with Gasteiger partial charge in [-0.25, -0.2) is 12.8 Å². The zero-order valence-corrected chi connectivity index (χ0v) is 14.9. The number of halogens is 1. The van der Waals surface area contributed by atoms with Crippen molar-refractivity contribution in [3.63, 3.8) is 0 Å². The molecule has 0 saturated carbocycles. The molecule has 8 heteroatoms. The molecular weight excluding hydrogens is 347 g/mol. The van der Waals surface area contributed by atoms with Crippen LogP contribution in [0.4, 0.5) is 15.8 Å². The van der Waals surface area contributed by atoms with Gasteiger partial charge in [0.2, 0.25) is 0 Å². The van der Waals surface area contributed by atoms with Gasteiger partial charge in [-0.2, -0.15) is 0 Å². The fraction of sp³-hybridized carbons (Fsp3) is 0.294. The number of sulfonamides is 1. The van der Waals surface area contributed by atoms with E-state index in [-0.39, 0.29) is 22.8 Å². The van der Waals surface area contributed by atoms with Crippen LogP contribution < -0.4 is 19.5 Å². The van der Waals surface area contributed by atoms with Crippen molar-refractivity contribution in [2.75, 3.05) is 23.7 Å². The number of nitrogens with two attached hydrogens (primary N) is 1. The van der Waals surface area contributed by atoms with Crippen molar-refractivity contribution in [2.45, 2.75) is 24.3 Å². The first-order valence-electron chi connectivity index (χ1n) is 7.59. The predicted octanol–water partition coefficient (Wildman–Crippen LogP) is 2.78. The first-order valence-corrected chi connectivity index (χ1v) is 9.03. The molecule has 6 nitrogen and oxygen atoms in total. The van der Waals surface area contributed by atoms with E-state index < -0.39 is 21.4 Å². The summed E-state index contributed by atoms with van der Waals surface area (Å²) in [7, 11) is -2.51. The van der Waals surface area contributed by atoms with Crippen LogP contribution in [0.5, 0.6) is 11.5 Å². The maximum Gasteiger partial charge on any atom is 0.264 e. The molecule has 0 aliphatic carbocycles. The van der Waals surface area contributed by atoms with Gasteiger partial charge in [0.05, 0.1) is 29.9 Å². The minimum Gasteiger partial charge on any atom is -0.495 e. The molecule has 0 amide bonds. The number of nitrogens with zero attached hydrogens (tertiary/aromatic N) is 1. The number of rotatable bonds is 3. The van der Waals surface area contributed by atoms with E-state index in [1.54, 1.807) is 13.8 Å². The van der Waals surface area contributed by atoms with Gasteiger partial charge in [0.1, 0.15) is 22.9 Å². The van der Waals surface area contributed by atoms with Crippen LogP contribution >= 0.6 is 0 Å². The van der Waals surface area contributed by atoms with Gasteiger partial charge >= 0.3 is 0 Å². The average Bonchev–Trinajstić information content (AvgIpc) is 2.54. The van der Waals surface area contributed by atoms with Crippen molar-refractivity contribution in [1.29, 1.82) is 0 Å². The van der Waals surface area contributed by atoms with Crippen molar-refractivity contribution >= 4 is 21.4 Å². The van der Waals surface area contributed by atoms with Gasteiger partial charge in [-0.1, -0.05) is 0 Å². The van der Waals surface area contributed by atoms with E-state index >= 15 is 0 Å². The molecule has 0 bridgehead atoms. The maximum absolute atomic E-state index is 13.7. The van der Waals surface area contributed by atoms with Crippen molar-refractivity contribution in [2.24, 2.45) is 0 Å². The normalized spacial score (nSPS) is 16.1. The molecule has 0 saturated heterocycles. The number of benzene rings is 2. The molecule has 0 fully saturated rings. The van der Waals surface area contributed by atoms with Crippen molar-refractivity contribution in [3.05, 3.63) is 42.2 Å². The number of hydrogen-bond donors (Lipinski definition) is 1. The number of methoxy groups -OCH3 is 1. The third kappa shape index (κ3) is 3.09. The van der Waals surface area contributed by atoms with Crippen molar-refractivity contribution < 1.29 is 22.3 Å². The Kier molecular flexibility index (Phi) is 4.03. The number of ether oxygens (including phenoxy) is 2. The highest BCUT2D eigenvalue weighted by molar-refractivity contribution is 7.92. The standard InChI is InChI=1S/C17H19FN2O4S/c1-17(2)10-20(14-8-11(18)4-6-16(14)24-17)25(21,22)12-5-7-15(23-3)13(19)9-12/h4-9H,10,19H2,1-3H3. The second-order valence-corrected chi connectivity index (χ2v) is 8.25. The minimum absolute atomic E-state index is 0.00119. The average molecular weight is 366 g/mol. The highest BCUT2D eigenvalue weighted by Crippen LogP contribution is 2.40. The Hall–Kier alpha value is -2.48. The summed E-state index contributed by atoms with van der Waals surface area (Å²) in [6, 6.07) is 8.03. The van der Waals surface area contributed by atoms with Gasteiger partial charge in [0.25, 0.3) is 10.0 Å². The molecule has 0 unspecified atom stereocenters. The van der Waals surface area contributed by atoms with E-state index in [0.29, 0.717) is 11.5 Å². The molecule has 25 heavy (non-hydrogen) atoms. The van der Waals surface area contributed by atoms with Gasteiger partial charge in [-0.15, -0.1) is 0 Å². The number of hydrogen-bond acceptors (Lipinski definition) is 5. The SMILES string of the molecule is COc1ccc(S(=O)(=O)N2CC(C)(C)Oc3ccc(F)cc32)cc1N. The van der Waals surface area contributed by atoms with E-state index in [4.69, 9.17) is 15.2 Å². The zero-order chi connectivity index (χ0) is 18.4. The lowest BCUT2D eigenvalue weighted by atomic mass is 10.1. The van der Waals surface area contributed by atoms with Crippen LogP contribution in [0.1, 0.15) is 13.8 Å². The largest absolute Gasteiger partial charge is 0.495 e. The molecule has 0 aromatic heterocycles. The summed E-state index contributed by atoms with van der Waals surface area (Å²) in [4.78, 5) is -0.00119. The van der Waals surface area contributed by atoms with Gasteiger partial charge in [-0.05, 0) is 44.2 Å². The minimum atomic E-state index is -3.96. The first-order chi connectivity index (χ1) is 11.6. The Labute approximate surface area is 146 Å². The number of anilines is 2. The quantitative estimate of drug-likeness (QED) is 0.845. The van der Waals surface area contributed by atoms with Crippen LogP contribution in [0.3, 0.4) is 0 Å². The maximum atomic E-state index is 13.7. The molecule has 2 N–H and O–H groups in total. The summed E-state index contributed by atoms with van der Waals surface area (Å²) in [5, 5.41) is 0. The van der Waals surface area contributed by atoms with Gasteiger partial charge in [0.15, 0.2) is 0 Å². The summed E-state index contributed by atoms with van der Waals surface area (Å²) in [5.41, 5.74) is 5.43.